The minimum Gasteiger partial charge on any atom is -0.495 e. The van der Waals surface area contributed by atoms with Crippen LogP contribution in [0, 0.1) is 11.7 Å². The molecule has 0 aliphatic carbocycles. The van der Waals surface area contributed by atoms with Crippen molar-refractivity contribution in [1.82, 2.24) is 18.8 Å². The van der Waals surface area contributed by atoms with Gasteiger partial charge in [0, 0.05) is 31.7 Å². The molecule has 0 unspecified atom stereocenters. The van der Waals surface area contributed by atoms with E-state index in [9.17, 15) is 12.8 Å². The Morgan fingerprint density at radius 2 is 2.10 bits per heavy atom. The third-order valence-corrected chi connectivity index (χ3v) is 7.27. The summed E-state index contributed by atoms with van der Waals surface area (Å²) in [5.41, 5.74) is 1.81. The molecule has 2 aromatic heterocycles. The van der Waals surface area contributed by atoms with Crippen LogP contribution in [0.4, 0.5) is 4.39 Å². The van der Waals surface area contributed by atoms with Gasteiger partial charge in [-0.05, 0) is 36.6 Å². The maximum Gasteiger partial charge on any atom is 0.246 e. The van der Waals surface area contributed by atoms with Crippen LogP contribution in [0.5, 0.6) is 5.75 Å². The monoisotopic (exact) mass is 432 g/mol. The van der Waals surface area contributed by atoms with Crippen LogP contribution in [0.3, 0.4) is 0 Å². The molecule has 0 bridgehead atoms. The van der Waals surface area contributed by atoms with Crippen LogP contribution in [0.2, 0.25) is 0 Å². The van der Waals surface area contributed by atoms with Gasteiger partial charge in [0.25, 0.3) is 0 Å². The number of ether oxygens (including phenoxy) is 1. The molecule has 7 nitrogen and oxygen atoms in total. The van der Waals surface area contributed by atoms with Crippen LogP contribution in [0.25, 0.3) is 11.0 Å². The lowest BCUT2D eigenvalue weighted by atomic mass is 10.1. The Bertz CT molecular complexity index is 1180. The van der Waals surface area contributed by atoms with E-state index in [1.807, 2.05) is 6.07 Å². The molecule has 1 saturated heterocycles. The second kappa shape index (κ2) is 7.96. The first-order valence-corrected chi connectivity index (χ1v) is 11.4. The maximum atomic E-state index is 13.8. The van der Waals surface area contributed by atoms with Gasteiger partial charge in [0.15, 0.2) is 0 Å². The maximum absolute atomic E-state index is 13.8. The SMILES string of the molecule is COc1ccc(F)cc1S(=O)(=O)N1CC[C@H](c2nc3ccncc3n2CC(C)C)C1. The van der Waals surface area contributed by atoms with E-state index >= 15 is 0 Å². The smallest absolute Gasteiger partial charge is 0.246 e. The Hall–Kier alpha value is -2.52. The van der Waals surface area contributed by atoms with E-state index in [4.69, 9.17) is 9.72 Å². The van der Waals surface area contributed by atoms with Crippen LogP contribution >= 0.6 is 0 Å². The van der Waals surface area contributed by atoms with E-state index in [1.165, 1.54) is 23.5 Å². The van der Waals surface area contributed by atoms with Crippen molar-refractivity contribution >= 4 is 21.1 Å². The summed E-state index contributed by atoms with van der Waals surface area (Å²) in [6.45, 7) is 5.67. The summed E-state index contributed by atoms with van der Waals surface area (Å²) < 4.78 is 48.9. The fourth-order valence-corrected chi connectivity index (χ4v) is 5.67. The topological polar surface area (TPSA) is 77.3 Å². The first-order chi connectivity index (χ1) is 14.3. The third kappa shape index (κ3) is 3.67. The summed E-state index contributed by atoms with van der Waals surface area (Å²) in [7, 11) is -2.52. The van der Waals surface area contributed by atoms with Crippen molar-refractivity contribution in [2.24, 2.45) is 5.92 Å². The Balaban J connectivity index is 1.68. The number of sulfonamides is 1. The molecular weight excluding hydrogens is 407 g/mol. The Kier molecular flexibility index (Phi) is 5.50. The number of halogens is 1. The fourth-order valence-electron chi connectivity index (χ4n) is 4.01. The number of fused-ring (bicyclic) bond motifs is 1. The number of nitrogens with zero attached hydrogens (tertiary/aromatic N) is 4. The first kappa shape index (κ1) is 20.7. The second-order valence-electron chi connectivity index (χ2n) is 7.98. The number of hydrogen-bond acceptors (Lipinski definition) is 5. The molecule has 1 aliphatic rings. The number of pyridine rings is 1. The van der Waals surface area contributed by atoms with E-state index in [1.54, 1.807) is 12.4 Å². The molecule has 0 saturated carbocycles. The molecule has 0 amide bonds. The standard InChI is InChI=1S/C21H25FN4O3S/c1-14(2)12-26-18-11-23-8-6-17(18)24-21(26)15-7-9-25(13-15)30(27,28)20-10-16(22)4-5-19(20)29-3/h4-6,8,10-11,14-15H,7,9,12-13H2,1-3H3/t15-/m0/s1. The van der Waals surface area contributed by atoms with Gasteiger partial charge in [-0.1, -0.05) is 13.8 Å². The van der Waals surface area contributed by atoms with Gasteiger partial charge in [-0.3, -0.25) is 4.98 Å². The van der Waals surface area contributed by atoms with Gasteiger partial charge in [-0.2, -0.15) is 4.31 Å². The van der Waals surface area contributed by atoms with Crippen LogP contribution in [-0.2, 0) is 16.6 Å². The van der Waals surface area contributed by atoms with Gasteiger partial charge in [0.1, 0.15) is 22.3 Å². The normalized spacial score (nSPS) is 17.8. The first-order valence-electron chi connectivity index (χ1n) is 9.95. The van der Waals surface area contributed by atoms with Gasteiger partial charge in [0.2, 0.25) is 10.0 Å². The van der Waals surface area contributed by atoms with Crippen molar-refractivity contribution < 1.29 is 17.5 Å². The number of imidazole rings is 1. The van der Waals surface area contributed by atoms with Gasteiger partial charge < -0.3 is 9.30 Å². The van der Waals surface area contributed by atoms with Gasteiger partial charge in [-0.25, -0.2) is 17.8 Å². The lowest BCUT2D eigenvalue weighted by molar-refractivity contribution is 0.396. The molecule has 0 N–H and O–H groups in total. The highest BCUT2D eigenvalue weighted by molar-refractivity contribution is 7.89. The van der Waals surface area contributed by atoms with E-state index in [0.717, 1.165) is 29.5 Å². The summed E-state index contributed by atoms with van der Waals surface area (Å²) in [6, 6.07) is 5.41. The molecule has 1 aliphatic heterocycles. The predicted octanol–water partition coefficient (Wildman–Crippen LogP) is 3.41. The molecule has 3 heterocycles. The highest BCUT2D eigenvalue weighted by Crippen LogP contribution is 2.35. The Morgan fingerprint density at radius 1 is 1.30 bits per heavy atom. The van der Waals surface area contributed by atoms with Crippen molar-refractivity contribution in [3.05, 3.63) is 48.3 Å². The van der Waals surface area contributed by atoms with Crippen molar-refractivity contribution in [2.45, 2.75) is 37.6 Å². The van der Waals surface area contributed by atoms with Gasteiger partial charge in [-0.15, -0.1) is 0 Å². The summed E-state index contributed by atoms with van der Waals surface area (Å²) in [5, 5.41) is 0. The minimum atomic E-state index is -3.89. The molecule has 160 valence electrons. The number of rotatable bonds is 6. The Labute approximate surface area is 175 Å². The highest BCUT2D eigenvalue weighted by atomic mass is 32.2. The molecule has 1 fully saturated rings. The number of hydrogen-bond donors (Lipinski definition) is 0. The average molecular weight is 433 g/mol. The van der Waals surface area contributed by atoms with Crippen LogP contribution in [0.15, 0.2) is 41.6 Å². The van der Waals surface area contributed by atoms with Crippen molar-refractivity contribution in [3.63, 3.8) is 0 Å². The molecule has 9 heteroatoms. The quantitative estimate of drug-likeness (QED) is 0.597. The molecule has 1 aromatic carbocycles. The van der Waals surface area contributed by atoms with Crippen LogP contribution < -0.4 is 4.74 Å². The van der Waals surface area contributed by atoms with Crippen molar-refractivity contribution in [3.8, 4) is 5.75 Å². The molecule has 30 heavy (non-hydrogen) atoms. The number of methoxy groups -OCH3 is 1. The Morgan fingerprint density at radius 3 is 2.83 bits per heavy atom. The van der Waals surface area contributed by atoms with Gasteiger partial charge in [0.05, 0.1) is 24.3 Å². The number of aromatic nitrogens is 3. The fraction of sp³-hybridized carbons (Fsp3) is 0.429. The van der Waals surface area contributed by atoms with Crippen molar-refractivity contribution in [1.29, 1.82) is 0 Å². The molecule has 0 radical (unpaired) electrons. The van der Waals surface area contributed by atoms with Crippen LogP contribution in [0.1, 0.15) is 32.0 Å². The lowest BCUT2D eigenvalue weighted by Crippen LogP contribution is -2.29. The van der Waals surface area contributed by atoms with Crippen LogP contribution in [-0.4, -0.2) is 47.5 Å². The van der Waals surface area contributed by atoms with E-state index in [2.05, 4.69) is 23.4 Å². The second-order valence-corrected chi connectivity index (χ2v) is 9.89. The van der Waals surface area contributed by atoms with Gasteiger partial charge >= 0.3 is 0 Å². The summed E-state index contributed by atoms with van der Waals surface area (Å²) in [4.78, 5) is 8.88. The summed E-state index contributed by atoms with van der Waals surface area (Å²) in [6.07, 6.45) is 4.15. The van der Waals surface area contributed by atoms with Crippen molar-refractivity contribution in [2.75, 3.05) is 20.2 Å². The minimum absolute atomic E-state index is 0.0505. The molecule has 0 spiro atoms. The molecule has 4 rings (SSSR count). The van der Waals surface area contributed by atoms with E-state index in [-0.39, 0.29) is 23.1 Å². The van der Waals surface area contributed by atoms with E-state index in [0.29, 0.717) is 18.9 Å². The molecule has 1 atom stereocenters. The zero-order chi connectivity index (χ0) is 21.5. The zero-order valence-electron chi connectivity index (χ0n) is 17.2. The zero-order valence-corrected chi connectivity index (χ0v) is 18.1. The summed E-state index contributed by atoms with van der Waals surface area (Å²) in [5.74, 6) is 0.745. The molecule has 3 aromatic rings. The predicted molar refractivity (Wildman–Crippen MR) is 111 cm³/mol. The summed E-state index contributed by atoms with van der Waals surface area (Å²) >= 11 is 0. The average Bonchev–Trinajstić information content (AvgIpc) is 3.33. The lowest BCUT2D eigenvalue weighted by Gasteiger charge is -2.19. The molecular formula is C21H25FN4O3S. The largest absolute Gasteiger partial charge is 0.495 e. The highest BCUT2D eigenvalue weighted by Gasteiger charge is 2.37. The van der Waals surface area contributed by atoms with E-state index < -0.39 is 15.8 Å². The number of benzene rings is 1. The third-order valence-electron chi connectivity index (χ3n) is 5.39.